The smallest absolute Gasteiger partial charge is 0.255 e. The molecule has 2 aromatic rings. The number of anilines is 2. The van der Waals surface area contributed by atoms with Crippen molar-refractivity contribution in [2.24, 2.45) is 11.1 Å². The van der Waals surface area contributed by atoms with Crippen LogP contribution in [0.4, 0.5) is 11.4 Å². The minimum absolute atomic E-state index is 0.0905. The SMILES string of the molecule is CCCCC1(CCCC)CN(c2ccccc2)c2cc(Br)c(OCC(N)=O)cc2S(=O)(=O)C1. The molecule has 2 N–H and O–H groups in total. The molecule has 0 spiro atoms. The Labute approximate surface area is 205 Å². The van der Waals surface area contributed by atoms with Crippen molar-refractivity contribution in [3.05, 3.63) is 46.9 Å². The van der Waals surface area contributed by atoms with Gasteiger partial charge < -0.3 is 15.4 Å². The van der Waals surface area contributed by atoms with E-state index in [-0.39, 0.29) is 22.7 Å². The molecule has 1 aliphatic rings. The van der Waals surface area contributed by atoms with Gasteiger partial charge in [0.25, 0.3) is 5.91 Å². The van der Waals surface area contributed by atoms with Crippen LogP contribution < -0.4 is 15.4 Å². The number of amides is 1. The number of para-hydroxylation sites is 1. The molecular weight excluding hydrogens is 504 g/mol. The summed E-state index contributed by atoms with van der Waals surface area (Å²) in [6, 6.07) is 13.2. The lowest BCUT2D eigenvalue weighted by atomic mass is 9.79. The molecule has 1 amide bonds. The van der Waals surface area contributed by atoms with E-state index in [0.29, 0.717) is 22.5 Å². The molecule has 0 unspecified atom stereocenters. The number of primary amides is 1. The van der Waals surface area contributed by atoms with Gasteiger partial charge in [0, 0.05) is 23.7 Å². The number of carbonyl (C=O) groups is 1. The Hall–Kier alpha value is -2.06. The van der Waals surface area contributed by atoms with Crippen molar-refractivity contribution in [3.8, 4) is 5.75 Å². The number of fused-ring (bicyclic) bond motifs is 1. The molecular formula is C25H33BrN2O4S. The topological polar surface area (TPSA) is 89.7 Å². The number of benzene rings is 2. The highest BCUT2D eigenvalue weighted by atomic mass is 79.9. The summed E-state index contributed by atoms with van der Waals surface area (Å²) in [6.07, 6.45) is 5.70. The molecule has 33 heavy (non-hydrogen) atoms. The highest BCUT2D eigenvalue weighted by Crippen LogP contribution is 2.47. The molecule has 8 heteroatoms. The van der Waals surface area contributed by atoms with Gasteiger partial charge in [0.1, 0.15) is 5.75 Å². The summed E-state index contributed by atoms with van der Waals surface area (Å²) in [6.45, 7) is 4.58. The second kappa shape index (κ2) is 10.9. The van der Waals surface area contributed by atoms with Gasteiger partial charge in [0.05, 0.1) is 20.8 Å². The first-order valence-corrected chi connectivity index (χ1v) is 14.0. The summed E-state index contributed by atoms with van der Waals surface area (Å²) in [7, 11) is -3.62. The molecule has 0 bridgehead atoms. The Morgan fingerprint density at radius 3 is 2.33 bits per heavy atom. The Bertz CT molecular complexity index is 1070. The minimum atomic E-state index is -3.62. The average Bonchev–Trinajstić information content (AvgIpc) is 2.87. The third-order valence-corrected chi connectivity index (χ3v) is 8.80. The van der Waals surface area contributed by atoms with Gasteiger partial charge in [-0.1, -0.05) is 57.7 Å². The quantitative estimate of drug-likeness (QED) is 0.426. The van der Waals surface area contributed by atoms with E-state index >= 15 is 0 Å². The molecule has 3 rings (SSSR count). The number of sulfone groups is 1. The largest absolute Gasteiger partial charge is 0.483 e. The minimum Gasteiger partial charge on any atom is -0.483 e. The van der Waals surface area contributed by atoms with Crippen LogP contribution in [0.5, 0.6) is 5.75 Å². The van der Waals surface area contributed by atoms with Gasteiger partial charge >= 0.3 is 0 Å². The van der Waals surface area contributed by atoms with Crippen LogP contribution in [0.1, 0.15) is 52.4 Å². The van der Waals surface area contributed by atoms with Crippen LogP contribution in [0.2, 0.25) is 0 Å². The number of nitrogens with zero attached hydrogens (tertiary/aromatic N) is 1. The molecule has 1 aliphatic heterocycles. The highest BCUT2D eigenvalue weighted by molar-refractivity contribution is 9.10. The van der Waals surface area contributed by atoms with Gasteiger partial charge in [0.15, 0.2) is 16.4 Å². The van der Waals surface area contributed by atoms with Crippen molar-refractivity contribution in [2.75, 3.05) is 23.8 Å². The van der Waals surface area contributed by atoms with Crippen LogP contribution >= 0.6 is 15.9 Å². The Morgan fingerprint density at radius 2 is 1.76 bits per heavy atom. The summed E-state index contributed by atoms with van der Waals surface area (Å²) < 4.78 is 33.7. The predicted octanol–water partition coefficient (Wildman–Crippen LogP) is 5.61. The lowest BCUT2D eigenvalue weighted by Crippen LogP contribution is -2.38. The highest BCUT2D eigenvalue weighted by Gasteiger charge is 2.42. The lowest BCUT2D eigenvalue weighted by Gasteiger charge is -2.37. The fourth-order valence-corrected chi connectivity index (χ4v) is 7.12. The van der Waals surface area contributed by atoms with E-state index in [0.717, 1.165) is 44.2 Å². The number of carbonyl (C=O) groups excluding carboxylic acids is 1. The molecule has 0 saturated heterocycles. The van der Waals surface area contributed by atoms with Crippen molar-refractivity contribution in [2.45, 2.75) is 57.3 Å². The van der Waals surface area contributed by atoms with E-state index in [1.807, 2.05) is 30.3 Å². The predicted molar refractivity (Wildman–Crippen MR) is 136 cm³/mol. The number of unbranched alkanes of at least 4 members (excludes halogenated alkanes) is 2. The molecule has 0 atom stereocenters. The standard InChI is InChI=1S/C25H33BrN2O4S/c1-3-5-12-25(13-6-4-2)17-28(19-10-8-7-9-11-19)21-14-20(26)22(32-16-24(27)29)15-23(21)33(30,31)18-25/h7-11,14-15H,3-6,12-13,16-18H2,1-2H3,(H2,27,29). The van der Waals surface area contributed by atoms with Gasteiger partial charge in [-0.25, -0.2) is 8.42 Å². The fourth-order valence-electron chi connectivity index (χ4n) is 4.56. The summed E-state index contributed by atoms with van der Waals surface area (Å²) >= 11 is 3.50. The van der Waals surface area contributed by atoms with E-state index in [2.05, 4.69) is 34.7 Å². The number of rotatable bonds is 10. The van der Waals surface area contributed by atoms with E-state index in [9.17, 15) is 13.2 Å². The Balaban J connectivity index is 2.20. The van der Waals surface area contributed by atoms with Crippen molar-refractivity contribution < 1.29 is 17.9 Å². The first-order chi connectivity index (χ1) is 15.7. The second-order valence-electron chi connectivity index (χ2n) is 8.89. The van der Waals surface area contributed by atoms with Crippen LogP contribution in [-0.2, 0) is 14.6 Å². The number of nitrogens with two attached hydrogens (primary N) is 1. The van der Waals surface area contributed by atoms with Crippen LogP contribution in [-0.4, -0.2) is 33.2 Å². The van der Waals surface area contributed by atoms with E-state index in [4.69, 9.17) is 10.5 Å². The molecule has 0 radical (unpaired) electrons. The molecule has 0 saturated carbocycles. The first kappa shape index (κ1) is 25.6. The second-order valence-corrected chi connectivity index (χ2v) is 11.7. The Kier molecular flexibility index (Phi) is 8.45. The van der Waals surface area contributed by atoms with Gasteiger partial charge in [-0.15, -0.1) is 0 Å². The van der Waals surface area contributed by atoms with E-state index in [1.165, 1.54) is 6.07 Å². The number of hydrogen-bond acceptors (Lipinski definition) is 5. The van der Waals surface area contributed by atoms with Crippen molar-refractivity contribution in [1.82, 2.24) is 0 Å². The molecule has 0 aromatic heterocycles. The van der Waals surface area contributed by atoms with Gasteiger partial charge in [-0.05, 0) is 47.0 Å². The van der Waals surface area contributed by atoms with Crippen molar-refractivity contribution >= 4 is 43.0 Å². The van der Waals surface area contributed by atoms with Gasteiger partial charge in [-0.2, -0.15) is 0 Å². The normalized spacial score (nSPS) is 16.6. The van der Waals surface area contributed by atoms with Gasteiger partial charge in [-0.3, -0.25) is 4.79 Å². The third-order valence-electron chi connectivity index (χ3n) is 6.19. The molecule has 6 nitrogen and oxygen atoms in total. The van der Waals surface area contributed by atoms with Crippen molar-refractivity contribution in [3.63, 3.8) is 0 Å². The van der Waals surface area contributed by atoms with Gasteiger partial charge in [0.2, 0.25) is 0 Å². The molecule has 1 heterocycles. The van der Waals surface area contributed by atoms with E-state index < -0.39 is 15.7 Å². The first-order valence-electron chi connectivity index (χ1n) is 11.5. The lowest BCUT2D eigenvalue weighted by molar-refractivity contribution is -0.119. The number of ether oxygens (including phenoxy) is 1. The van der Waals surface area contributed by atoms with E-state index in [1.54, 1.807) is 6.07 Å². The monoisotopic (exact) mass is 536 g/mol. The summed E-state index contributed by atoms with van der Waals surface area (Å²) in [5.41, 5.74) is 6.44. The summed E-state index contributed by atoms with van der Waals surface area (Å²) in [5, 5.41) is 0. The maximum Gasteiger partial charge on any atom is 0.255 e. The molecule has 180 valence electrons. The third kappa shape index (κ3) is 6.09. The maximum absolute atomic E-state index is 13.8. The van der Waals surface area contributed by atoms with Crippen LogP contribution in [0.25, 0.3) is 0 Å². The number of halogens is 1. The fraction of sp³-hybridized carbons (Fsp3) is 0.480. The van der Waals surface area contributed by atoms with Crippen molar-refractivity contribution in [1.29, 1.82) is 0 Å². The summed E-state index contributed by atoms with van der Waals surface area (Å²) in [5.74, 6) is -0.241. The summed E-state index contributed by atoms with van der Waals surface area (Å²) in [4.78, 5) is 13.6. The number of hydrogen-bond donors (Lipinski definition) is 1. The zero-order valence-electron chi connectivity index (χ0n) is 19.3. The molecule has 2 aromatic carbocycles. The molecule has 0 aliphatic carbocycles. The zero-order valence-corrected chi connectivity index (χ0v) is 21.8. The maximum atomic E-state index is 13.8. The Morgan fingerprint density at radius 1 is 1.12 bits per heavy atom. The van der Waals surface area contributed by atoms with Crippen LogP contribution in [0.15, 0.2) is 51.8 Å². The average molecular weight is 538 g/mol. The zero-order chi connectivity index (χ0) is 24.1. The molecule has 0 fully saturated rings. The van der Waals surface area contributed by atoms with Crippen LogP contribution in [0, 0.1) is 5.41 Å². The van der Waals surface area contributed by atoms with Crippen LogP contribution in [0.3, 0.4) is 0 Å².